The Morgan fingerprint density at radius 3 is 2.59 bits per heavy atom. The van der Waals surface area contributed by atoms with Crippen molar-refractivity contribution in [1.29, 1.82) is 0 Å². The molecule has 0 aliphatic heterocycles. The van der Waals surface area contributed by atoms with Gasteiger partial charge in [0, 0.05) is 29.7 Å². The smallest absolute Gasteiger partial charge is 0.191 e. The Bertz CT molecular complexity index is 665. The molecule has 0 radical (unpaired) electrons. The van der Waals surface area contributed by atoms with Crippen LogP contribution < -0.4 is 10.6 Å². The molecule has 1 heterocycles. The molecule has 0 saturated carbocycles. The van der Waals surface area contributed by atoms with E-state index in [4.69, 9.17) is 0 Å². The lowest BCUT2D eigenvalue weighted by atomic mass is 10.1. The van der Waals surface area contributed by atoms with Gasteiger partial charge in [0.2, 0.25) is 0 Å². The van der Waals surface area contributed by atoms with E-state index in [-0.39, 0.29) is 0 Å². The van der Waals surface area contributed by atoms with Gasteiger partial charge < -0.3 is 20.6 Å². The highest BCUT2D eigenvalue weighted by molar-refractivity contribution is 7.19. The van der Waals surface area contributed by atoms with Crippen molar-refractivity contribution in [2.24, 2.45) is 4.99 Å². The second kappa shape index (κ2) is 12.0. The third-order valence-corrected chi connectivity index (χ3v) is 5.75. The molecule has 0 spiro atoms. The summed E-state index contributed by atoms with van der Waals surface area (Å²) in [5.41, 5.74) is 0. The average Bonchev–Trinajstić information content (AvgIpc) is 3.10. The number of thiophene rings is 1. The van der Waals surface area contributed by atoms with Gasteiger partial charge in [0.05, 0.1) is 0 Å². The molecule has 0 aliphatic carbocycles. The van der Waals surface area contributed by atoms with Gasteiger partial charge in [0.15, 0.2) is 5.96 Å². The average molecular weight is 391 g/mol. The highest BCUT2D eigenvalue weighted by Gasteiger charge is 2.12. The van der Waals surface area contributed by atoms with Gasteiger partial charge in [-0.15, -0.1) is 11.3 Å². The zero-order valence-corrected chi connectivity index (χ0v) is 17.7. The van der Waals surface area contributed by atoms with Gasteiger partial charge in [-0.3, -0.25) is 4.99 Å². The van der Waals surface area contributed by atoms with E-state index in [2.05, 4.69) is 52.8 Å². The van der Waals surface area contributed by atoms with Crippen LogP contribution in [0.5, 0.6) is 0 Å². The molecule has 1 aromatic carbocycles. The first kappa shape index (κ1) is 21.7. The van der Waals surface area contributed by atoms with E-state index < -0.39 is 6.10 Å². The van der Waals surface area contributed by atoms with Crippen LogP contribution in [0, 0.1) is 0 Å². The molecule has 2 rings (SSSR count). The fourth-order valence-electron chi connectivity index (χ4n) is 2.97. The Morgan fingerprint density at radius 1 is 1.11 bits per heavy atom. The lowest BCUT2D eigenvalue weighted by molar-refractivity contribution is 0.184. The second-order valence-corrected chi connectivity index (χ2v) is 8.27. The molecular weight excluding hydrogens is 356 g/mol. The van der Waals surface area contributed by atoms with Crippen molar-refractivity contribution in [1.82, 2.24) is 15.5 Å². The Morgan fingerprint density at radius 2 is 1.85 bits per heavy atom. The van der Waals surface area contributed by atoms with Crippen LogP contribution in [0.4, 0.5) is 0 Å². The highest BCUT2D eigenvalue weighted by atomic mass is 32.1. The maximum absolute atomic E-state index is 10.5. The molecule has 3 N–H and O–H groups in total. The van der Waals surface area contributed by atoms with Crippen molar-refractivity contribution >= 4 is 27.4 Å². The summed E-state index contributed by atoms with van der Waals surface area (Å²) in [4.78, 5) is 7.47. The molecule has 27 heavy (non-hydrogen) atoms. The number of nitrogens with zero attached hydrogens (tertiary/aromatic N) is 2. The fourth-order valence-corrected chi connectivity index (χ4v) is 4.02. The third kappa shape index (κ3) is 7.87. The summed E-state index contributed by atoms with van der Waals surface area (Å²) in [7, 11) is 6.02. The molecule has 6 heteroatoms. The van der Waals surface area contributed by atoms with Crippen LogP contribution in [0.1, 0.15) is 43.1 Å². The molecule has 1 unspecified atom stereocenters. The lowest BCUT2D eigenvalue weighted by Gasteiger charge is -2.14. The fraction of sp³-hybridized carbons (Fsp3) is 0.571. The van der Waals surface area contributed by atoms with E-state index in [9.17, 15) is 5.11 Å². The van der Waals surface area contributed by atoms with Crippen molar-refractivity contribution < 1.29 is 5.11 Å². The normalized spacial score (nSPS) is 13.3. The standard InChI is InChI=1S/C21H34N4OS/c1-22-21(23-13-9-5-4-6-10-14-25(2)3)24-16-18(26)20-15-17-11-7-8-12-19(17)27-20/h7-8,11-12,15,18,26H,4-6,9-10,13-14,16H2,1-3H3,(H2,22,23,24). The van der Waals surface area contributed by atoms with Crippen LogP contribution in [0.3, 0.4) is 0 Å². The summed E-state index contributed by atoms with van der Waals surface area (Å²) < 4.78 is 1.21. The van der Waals surface area contributed by atoms with E-state index >= 15 is 0 Å². The van der Waals surface area contributed by atoms with Crippen LogP contribution >= 0.6 is 11.3 Å². The van der Waals surface area contributed by atoms with Crippen molar-refractivity contribution in [3.05, 3.63) is 35.2 Å². The van der Waals surface area contributed by atoms with Gasteiger partial charge in [-0.1, -0.05) is 37.5 Å². The minimum absolute atomic E-state index is 0.455. The molecular formula is C21H34N4OS. The van der Waals surface area contributed by atoms with E-state index in [0.717, 1.165) is 23.8 Å². The number of aliphatic hydroxyl groups is 1. The number of fused-ring (bicyclic) bond motifs is 1. The minimum Gasteiger partial charge on any atom is -0.386 e. The van der Waals surface area contributed by atoms with E-state index in [0.29, 0.717) is 6.54 Å². The summed E-state index contributed by atoms with van der Waals surface area (Å²) in [6, 6.07) is 10.3. The van der Waals surface area contributed by atoms with Crippen LogP contribution in [0.15, 0.2) is 35.3 Å². The molecule has 2 aromatic rings. The number of hydrogen-bond donors (Lipinski definition) is 3. The van der Waals surface area contributed by atoms with Crippen LogP contribution in [0.25, 0.3) is 10.1 Å². The Balaban J connectivity index is 1.62. The van der Waals surface area contributed by atoms with E-state index in [1.165, 1.54) is 42.3 Å². The van der Waals surface area contributed by atoms with Crippen molar-refractivity contribution in [2.45, 2.75) is 38.2 Å². The van der Waals surface area contributed by atoms with E-state index in [1.54, 1.807) is 18.4 Å². The first-order valence-corrected chi connectivity index (χ1v) is 10.7. The molecule has 1 aromatic heterocycles. The maximum Gasteiger partial charge on any atom is 0.191 e. The van der Waals surface area contributed by atoms with Gasteiger partial charge in [-0.2, -0.15) is 0 Å². The molecule has 150 valence electrons. The molecule has 5 nitrogen and oxygen atoms in total. The first-order chi connectivity index (χ1) is 13.1. The number of hydrogen-bond acceptors (Lipinski definition) is 4. The number of nitrogens with one attached hydrogen (secondary N) is 2. The Hall–Kier alpha value is -1.63. The summed E-state index contributed by atoms with van der Waals surface area (Å²) in [5, 5.41) is 18.2. The van der Waals surface area contributed by atoms with Crippen molar-refractivity contribution in [3.63, 3.8) is 0 Å². The van der Waals surface area contributed by atoms with Gasteiger partial charge >= 0.3 is 0 Å². The van der Waals surface area contributed by atoms with Gasteiger partial charge in [0.25, 0.3) is 0 Å². The third-order valence-electron chi connectivity index (χ3n) is 4.53. The number of benzene rings is 1. The lowest BCUT2D eigenvalue weighted by Crippen LogP contribution is -2.39. The van der Waals surface area contributed by atoms with Crippen LogP contribution in [-0.4, -0.2) is 56.7 Å². The Kier molecular flexibility index (Phi) is 9.59. The quantitative estimate of drug-likeness (QED) is 0.312. The SMILES string of the molecule is CN=C(NCCCCCCCN(C)C)NCC(O)c1cc2ccccc2s1. The van der Waals surface area contributed by atoms with Crippen LogP contribution in [0.2, 0.25) is 0 Å². The van der Waals surface area contributed by atoms with Gasteiger partial charge in [-0.25, -0.2) is 0 Å². The molecule has 0 amide bonds. The summed E-state index contributed by atoms with van der Waals surface area (Å²) >= 11 is 1.64. The number of aliphatic hydroxyl groups excluding tert-OH is 1. The summed E-state index contributed by atoms with van der Waals surface area (Å²) in [6.07, 6.45) is 5.71. The molecule has 0 fully saturated rings. The zero-order valence-electron chi connectivity index (χ0n) is 16.9. The molecule has 1 atom stereocenters. The topological polar surface area (TPSA) is 59.9 Å². The number of rotatable bonds is 11. The highest BCUT2D eigenvalue weighted by Crippen LogP contribution is 2.29. The van der Waals surface area contributed by atoms with Crippen molar-refractivity contribution in [2.75, 3.05) is 40.8 Å². The zero-order chi connectivity index (χ0) is 19.5. The van der Waals surface area contributed by atoms with E-state index in [1.807, 2.05) is 12.1 Å². The number of guanidine groups is 1. The molecule has 0 bridgehead atoms. The monoisotopic (exact) mass is 390 g/mol. The molecule has 0 saturated heterocycles. The summed E-state index contributed by atoms with van der Waals surface area (Å²) in [5.74, 6) is 0.753. The second-order valence-electron chi connectivity index (χ2n) is 7.15. The first-order valence-electron chi connectivity index (χ1n) is 9.86. The molecule has 0 aliphatic rings. The predicted molar refractivity (Wildman–Crippen MR) is 118 cm³/mol. The number of unbranched alkanes of at least 4 members (excludes halogenated alkanes) is 4. The van der Waals surface area contributed by atoms with Gasteiger partial charge in [-0.05, 0) is 51.0 Å². The minimum atomic E-state index is -0.530. The Labute approximate surface area is 167 Å². The van der Waals surface area contributed by atoms with Crippen molar-refractivity contribution in [3.8, 4) is 0 Å². The summed E-state index contributed by atoms with van der Waals surface area (Å²) in [6.45, 7) is 2.54. The largest absolute Gasteiger partial charge is 0.386 e. The maximum atomic E-state index is 10.5. The van der Waals surface area contributed by atoms with Gasteiger partial charge in [0.1, 0.15) is 6.10 Å². The predicted octanol–water partition coefficient (Wildman–Crippen LogP) is 3.61. The van der Waals surface area contributed by atoms with Crippen LogP contribution in [-0.2, 0) is 0 Å². The number of aliphatic imine (C=N–C) groups is 1.